The molecule has 0 bridgehead atoms. The number of nitrogens with zero attached hydrogens (tertiary/aromatic N) is 1. The summed E-state index contributed by atoms with van der Waals surface area (Å²) in [6.07, 6.45) is 1.60. The van der Waals surface area contributed by atoms with Gasteiger partial charge in [0.15, 0.2) is 0 Å². The number of fused-ring (bicyclic) bond motifs is 1. The van der Waals surface area contributed by atoms with Crippen LogP contribution in [0.25, 0.3) is 10.2 Å². The van der Waals surface area contributed by atoms with Gasteiger partial charge in [0.05, 0.1) is 21.8 Å². The monoisotopic (exact) mass is 285 g/mol. The Morgan fingerprint density at radius 2 is 2.33 bits per heavy atom. The van der Waals surface area contributed by atoms with Crippen molar-refractivity contribution in [3.63, 3.8) is 0 Å². The number of amides is 1. The van der Waals surface area contributed by atoms with Crippen molar-refractivity contribution in [3.05, 3.63) is 23.7 Å². The summed E-state index contributed by atoms with van der Waals surface area (Å²) in [6.45, 7) is 2.01. The zero-order valence-corrected chi connectivity index (χ0v) is 11.7. The molecule has 0 aliphatic rings. The van der Waals surface area contributed by atoms with Gasteiger partial charge in [0, 0.05) is 5.69 Å². The van der Waals surface area contributed by atoms with Crippen LogP contribution in [0, 0.1) is 0 Å². The molecule has 18 heavy (non-hydrogen) atoms. The molecule has 1 unspecified atom stereocenters. The van der Waals surface area contributed by atoms with Crippen LogP contribution in [0.5, 0.6) is 0 Å². The molecule has 0 saturated carbocycles. The van der Waals surface area contributed by atoms with Crippen molar-refractivity contribution in [2.24, 2.45) is 5.73 Å². The number of aromatic nitrogens is 1. The van der Waals surface area contributed by atoms with E-state index in [4.69, 9.17) is 5.73 Å². The minimum atomic E-state index is -0.439. The van der Waals surface area contributed by atoms with E-state index in [0.29, 0.717) is 6.42 Å². The molecule has 1 amide bonds. The summed E-state index contributed by atoms with van der Waals surface area (Å²) in [7, 11) is 0. The molecule has 0 aliphatic carbocycles. The zero-order chi connectivity index (χ0) is 12.3. The molecule has 2 rings (SSSR count). The lowest BCUT2D eigenvalue weighted by Crippen LogP contribution is -2.35. The van der Waals surface area contributed by atoms with Gasteiger partial charge in [-0.25, -0.2) is 4.98 Å². The third-order valence-corrected chi connectivity index (χ3v) is 3.34. The summed E-state index contributed by atoms with van der Waals surface area (Å²) in [4.78, 5) is 15.9. The summed E-state index contributed by atoms with van der Waals surface area (Å²) >= 11 is 1.58. The van der Waals surface area contributed by atoms with Crippen molar-refractivity contribution >= 4 is 45.6 Å². The number of rotatable bonds is 4. The van der Waals surface area contributed by atoms with E-state index in [1.807, 2.05) is 25.1 Å². The van der Waals surface area contributed by atoms with Crippen LogP contribution in [0.3, 0.4) is 0 Å². The molecule has 0 spiro atoms. The molecule has 0 saturated heterocycles. The number of hydrogen-bond acceptors (Lipinski definition) is 4. The average Bonchev–Trinajstić information content (AvgIpc) is 2.76. The maximum atomic E-state index is 11.7. The Morgan fingerprint density at radius 3 is 3.06 bits per heavy atom. The van der Waals surface area contributed by atoms with Crippen molar-refractivity contribution in [2.75, 3.05) is 5.32 Å². The van der Waals surface area contributed by atoms with Crippen molar-refractivity contribution in [1.29, 1.82) is 0 Å². The van der Waals surface area contributed by atoms with Crippen molar-refractivity contribution in [1.82, 2.24) is 4.98 Å². The fraction of sp³-hybridized carbons (Fsp3) is 0.333. The summed E-state index contributed by atoms with van der Waals surface area (Å²) in [5, 5.41) is 2.81. The SMILES string of the molecule is CCCC(N)C(=O)Nc1ccc2scnc2c1.Cl. The van der Waals surface area contributed by atoms with Crippen molar-refractivity contribution in [2.45, 2.75) is 25.8 Å². The molecule has 0 aliphatic heterocycles. The summed E-state index contributed by atoms with van der Waals surface area (Å²) in [6, 6.07) is 5.25. The first-order valence-corrected chi connectivity index (χ1v) is 6.48. The lowest BCUT2D eigenvalue weighted by molar-refractivity contribution is -0.117. The van der Waals surface area contributed by atoms with E-state index < -0.39 is 6.04 Å². The van der Waals surface area contributed by atoms with Crippen LogP contribution < -0.4 is 11.1 Å². The number of nitrogens with two attached hydrogens (primary N) is 1. The van der Waals surface area contributed by atoms with Gasteiger partial charge < -0.3 is 11.1 Å². The second-order valence-corrected chi connectivity index (χ2v) is 4.81. The van der Waals surface area contributed by atoms with Crippen molar-refractivity contribution in [3.8, 4) is 0 Å². The number of carbonyl (C=O) groups is 1. The third kappa shape index (κ3) is 3.41. The van der Waals surface area contributed by atoms with Gasteiger partial charge in [0.1, 0.15) is 0 Å². The van der Waals surface area contributed by atoms with Gasteiger partial charge in [-0.2, -0.15) is 0 Å². The Balaban J connectivity index is 0.00000162. The predicted octanol–water partition coefficient (Wildman–Crippen LogP) is 2.78. The lowest BCUT2D eigenvalue weighted by Gasteiger charge is -2.10. The predicted molar refractivity (Wildman–Crippen MR) is 78.4 cm³/mol. The fourth-order valence-corrected chi connectivity index (χ4v) is 2.27. The molecule has 1 aromatic carbocycles. The van der Waals surface area contributed by atoms with Crippen LogP contribution in [0.1, 0.15) is 19.8 Å². The van der Waals surface area contributed by atoms with Gasteiger partial charge in [-0.1, -0.05) is 13.3 Å². The summed E-state index contributed by atoms with van der Waals surface area (Å²) in [5.41, 5.74) is 9.18. The molecule has 2 aromatic rings. The summed E-state index contributed by atoms with van der Waals surface area (Å²) < 4.78 is 1.11. The second-order valence-electron chi connectivity index (χ2n) is 3.92. The average molecular weight is 286 g/mol. The smallest absolute Gasteiger partial charge is 0.241 e. The Kier molecular flexibility index (Phi) is 5.53. The topological polar surface area (TPSA) is 68.0 Å². The highest BCUT2D eigenvalue weighted by Crippen LogP contribution is 2.21. The minimum absolute atomic E-state index is 0. The molecule has 1 heterocycles. The Labute approximate surface area is 116 Å². The van der Waals surface area contributed by atoms with Crippen LogP contribution in [-0.2, 0) is 4.79 Å². The third-order valence-electron chi connectivity index (χ3n) is 2.53. The molecule has 0 fully saturated rings. The Bertz CT molecular complexity index is 529. The highest BCUT2D eigenvalue weighted by molar-refractivity contribution is 7.16. The number of carbonyl (C=O) groups excluding carboxylic acids is 1. The number of anilines is 1. The number of nitrogens with one attached hydrogen (secondary N) is 1. The molecule has 4 nitrogen and oxygen atoms in total. The first-order valence-electron chi connectivity index (χ1n) is 5.60. The second kappa shape index (κ2) is 6.68. The number of hydrogen-bond donors (Lipinski definition) is 2. The van der Waals surface area contributed by atoms with Gasteiger partial charge in [-0.3, -0.25) is 4.79 Å². The molecule has 0 radical (unpaired) electrons. The van der Waals surface area contributed by atoms with E-state index in [-0.39, 0.29) is 18.3 Å². The molecule has 1 atom stereocenters. The lowest BCUT2D eigenvalue weighted by atomic mass is 10.1. The Hall–Kier alpha value is -1.17. The van der Waals surface area contributed by atoms with Gasteiger partial charge >= 0.3 is 0 Å². The van der Waals surface area contributed by atoms with Gasteiger partial charge in [-0.05, 0) is 24.6 Å². The quantitative estimate of drug-likeness (QED) is 0.908. The fourth-order valence-electron chi connectivity index (χ4n) is 1.61. The van der Waals surface area contributed by atoms with Crippen LogP contribution in [0.2, 0.25) is 0 Å². The maximum Gasteiger partial charge on any atom is 0.241 e. The number of benzene rings is 1. The number of thiazole rings is 1. The number of halogens is 1. The highest BCUT2D eigenvalue weighted by Gasteiger charge is 2.12. The van der Waals surface area contributed by atoms with Gasteiger partial charge in [0.25, 0.3) is 0 Å². The minimum Gasteiger partial charge on any atom is -0.325 e. The Morgan fingerprint density at radius 1 is 1.56 bits per heavy atom. The molecule has 6 heteroatoms. The van der Waals surface area contributed by atoms with E-state index in [9.17, 15) is 4.79 Å². The van der Waals surface area contributed by atoms with Crippen LogP contribution >= 0.6 is 23.7 Å². The van der Waals surface area contributed by atoms with Gasteiger partial charge in [-0.15, -0.1) is 23.7 Å². The van der Waals surface area contributed by atoms with E-state index in [0.717, 1.165) is 22.3 Å². The molecular weight excluding hydrogens is 270 g/mol. The van der Waals surface area contributed by atoms with E-state index in [1.165, 1.54) is 0 Å². The summed E-state index contributed by atoms with van der Waals surface area (Å²) in [5.74, 6) is -0.138. The van der Waals surface area contributed by atoms with Crippen LogP contribution in [0.15, 0.2) is 23.7 Å². The largest absolute Gasteiger partial charge is 0.325 e. The van der Waals surface area contributed by atoms with E-state index in [1.54, 1.807) is 16.8 Å². The van der Waals surface area contributed by atoms with Crippen LogP contribution in [-0.4, -0.2) is 16.9 Å². The standard InChI is InChI=1S/C12H15N3OS.ClH/c1-2-3-9(13)12(16)15-8-4-5-11-10(6-8)14-7-17-11;/h4-7,9H,2-3,13H2,1H3,(H,15,16);1H. The first kappa shape index (κ1) is 14.9. The molecule has 3 N–H and O–H groups in total. The molecule has 1 aromatic heterocycles. The van der Waals surface area contributed by atoms with E-state index >= 15 is 0 Å². The first-order chi connectivity index (χ1) is 8.20. The normalized spacial score (nSPS) is 11.9. The zero-order valence-electron chi connectivity index (χ0n) is 10.1. The molecule has 98 valence electrons. The van der Waals surface area contributed by atoms with Gasteiger partial charge in [0.2, 0.25) is 5.91 Å². The van der Waals surface area contributed by atoms with E-state index in [2.05, 4.69) is 10.3 Å². The van der Waals surface area contributed by atoms with Crippen molar-refractivity contribution < 1.29 is 4.79 Å². The molecular formula is C12H16ClN3OS. The van der Waals surface area contributed by atoms with Crippen LogP contribution in [0.4, 0.5) is 5.69 Å². The maximum absolute atomic E-state index is 11.7. The highest BCUT2D eigenvalue weighted by atomic mass is 35.5.